The van der Waals surface area contributed by atoms with Crippen molar-refractivity contribution in [3.05, 3.63) is 35.9 Å². The first-order chi connectivity index (χ1) is 9.79. The summed E-state index contributed by atoms with van der Waals surface area (Å²) in [5, 5.41) is 3.00. The molecule has 1 atom stereocenters. The third-order valence-corrected chi connectivity index (χ3v) is 3.93. The molecule has 1 unspecified atom stereocenters. The predicted octanol–water partition coefficient (Wildman–Crippen LogP) is 1.51. The van der Waals surface area contributed by atoms with Crippen LogP contribution in [0.5, 0.6) is 0 Å². The molecule has 0 bridgehead atoms. The standard InChI is InChI=1S/C16H25N3O/c17-10-9-15-8-4-5-11-19(15)13-16(20)18-12-14-6-2-1-3-7-14/h1-3,6-7,15H,4-5,8-13,17H2,(H,18,20). The molecule has 1 aliphatic heterocycles. The summed E-state index contributed by atoms with van der Waals surface area (Å²) in [6, 6.07) is 10.5. The van der Waals surface area contributed by atoms with Crippen molar-refractivity contribution in [1.82, 2.24) is 10.2 Å². The highest BCUT2D eigenvalue weighted by Crippen LogP contribution is 2.18. The first kappa shape index (κ1) is 15.0. The third kappa shape index (κ3) is 4.62. The molecule has 1 aromatic carbocycles. The van der Waals surface area contributed by atoms with E-state index in [2.05, 4.69) is 10.2 Å². The molecule has 1 fully saturated rings. The number of hydrogen-bond acceptors (Lipinski definition) is 3. The van der Waals surface area contributed by atoms with Crippen LogP contribution in [-0.2, 0) is 11.3 Å². The van der Waals surface area contributed by atoms with Crippen molar-refractivity contribution in [2.75, 3.05) is 19.6 Å². The van der Waals surface area contributed by atoms with Crippen LogP contribution >= 0.6 is 0 Å². The molecule has 0 saturated carbocycles. The summed E-state index contributed by atoms with van der Waals surface area (Å²) in [6.45, 7) is 2.82. The Hall–Kier alpha value is -1.39. The van der Waals surface area contributed by atoms with Gasteiger partial charge in [-0.25, -0.2) is 0 Å². The van der Waals surface area contributed by atoms with Crippen molar-refractivity contribution in [2.45, 2.75) is 38.3 Å². The molecule has 1 saturated heterocycles. The normalized spacial score (nSPS) is 19.8. The second-order valence-electron chi connectivity index (χ2n) is 5.46. The number of amides is 1. The van der Waals surface area contributed by atoms with E-state index >= 15 is 0 Å². The highest BCUT2D eigenvalue weighted by atomic mass is 16.2. The Morgan fingerprint density at radius 2 is 2.10 bits per heavy atom. The van der Waals surface area contributed by atoms with E-state index in [-0.39, 0.29) is 5.91 Å². The first-order valence-electron chi connectivity index (χ1n) is 7.54. The van der Waals surface area contributed by atoms with Gasteiger partial charge in [-0.05, 0) is 37.9 Å². The predicted molar refractivity (Wildman–Crippen MR) is 81.2 cm³/mol. The van der Waals surface area contributed by atoms with Crippen LogP contribution < -0.4 is 11.1 Å². The minimum absolute atomic E-state index is 0.109. The Morgan fingerprint density at radius 1 is 1.30 bits per heavy atom. The number of likely N-dealkylation sites (tertiary alicyclic amines) is 1. The van der Waals surface area contributed by atoms with Gasteiger partial charge < -0.3 is 11.1 Å². The molecule has 1 heterocycles. The van der Waals surface area contributed by atoms with E-state index in [1.165, 1.54) is 19.3 Å². The summed E-state index contributed by atoms with van der Waals surface area (Å²) < 4.78 is 0. The molecule has 0 spiro atoms. The van der Waals surface area contributed by atoms with E-state index in [1.54, 1.807) is 0 Å². The number of hydrogen-bond donors (Lipinski definition) is 2. The summed E-state index contributed by atoms with van der Waals surface area (Å²) in [4.78, 5) is 14.3. The summed E-state index contributed by atoms with van der Waals surface area (Å²) in [5.74, 6) is 0.109. The highest BCUT2D eigenvalue weighted by molar-refractivity contribution is 5.78. The maximum atomic E-state index is 12.1. The monoisotopic (exact) mass is 275 g/mol. The number of nitrogens with two attached hydrogens (primary N) is 1. The largest absolute Gasteiger partial charge is 0.351 e. The molecule has 110 valence electrons. The summed E-state index contributed by atoms with van der Waals surface area (Å²) in [5.41, 5.74) is 6.80. The van der Waals surface area contributed by atoms with E-state index in [4.69, 9.17) is 5.73 Å². The maximum Gasteiger partial charge on any atom is 0.234 e. The van der Waals surface area contributed by atoms with E-state index in [0.717, 1.165) is 18.5 Å². The van der Waals surface area contributed by atoms with Gasteiger partial charge in [-0.3, -0.25) is 9.69 Å². The molecule has 2 rings (SSSR count). The number of piperidine rings is 1. The van der Waals surface area contributed by atoms with E-state index in [9.17, 15) is 4.79 Å². The van der Waals surface area contributed by atoms with Crippen molar-refractivity contribution in [3.8, 4) is 0 Å². The average Bonchev–Trinajstić information content (AvgIpc) is 2.49. The van der Waals surface area contributed by atoms with Crippen LogP contribution in [0.25, 0.3) is 0 Å². The molecule has 1 amide bonds. The quantitative estimate of drug-likeness (QED) is 0.827. The van der Waals surface area contributed by atoms with Crippen LogP contribution in [0.3, 0.4) is 0 Å². The van der Waals surface area contributed by atoms with E-state index < -0.39 is 0 Å². The van der Waals surface area contributed by atoms with Crippen molar-refractivity contribution in [3.63, 3.8) is 0 Å². The zero-order valence-electron chi connectivity index (χ0n) is 12.1. The molecule has 20 heavy (non-hydrogen) atoms. The second-order valence-corrected chi connectivity index (χ2v) is 5.46. The zero-order valence-corrected chi connectivity index (χ0v) is 12.1. The van der Waals surface area contributed by atoms with Gasteiger partial charge in [-0.15, -0.1) is 0 Å². The first-order valence-corrected chi connectivity index (χ1v) is 7.54. The zero-order chi connectivity index (χ0) is 14.2. The van der Waals surface area contributed by atoms with Gasteiger partial charge in [0, 0.05) is 12.6 Å². The van der Waals surface area contributed by atoms with Crippen LogP contribution in [0.2, 0.25) is 0 Å². The SMILES string of the molecule is NCCC1CCCCN1CC(=O)NCc1ccccc1. The Bertz CT molecular complexity index is 405. The molecular weight excluding hydrogens is 250 g/mol. The number of nitrogens with one attached hydrogen (secondary N) is 1. The number of carbonyl (C=O) groups excluding carboxylic acids is 1. The molecule has 4 nitrogen and oxygen atoms in total. The van der Waals surface area contributed by atoms with Crippen molar-refractivity contribution >= 4 is 5.91 Å². The van der Waals surface area contributed by atoms with Crippen molar-refractivity contribution in [1.29, 1.82) is 0 Å². The third-order valence-electron chi connectivity index (χ3n) is 3.93. The highest BCUT2D eigenvalue weighted by Gasteiger charge is 2.23. The number of nitrogens with zero attached hydrogens (tertiary/aromatic N) is 1. The number of carbonyl (C=O) groups is 1. The van der Waals surface area contributed by atoms with Gasteiger partial charge in [0.15, 0.2) is 0 Å². The molecular formula is C16H25N3O. The topological polar surface area (TPSA) is 58.4 Å². The number of benzene rings is 1. The van der Waals surface area contributed by atoms with Gasteiger partial charge in [0.05, 0.1) is 6.54 Å². The van der Waals surface area contributed by atoms with Gasteiger partial charge in [-0.2, -0.15) is 0 Å². The van der Waals surface area contributed by atoms with Gasteiger partial charge in [0.1, 0.15) is 0 Å². The fraction of sp³-hybridized carbons (Fsp3) is 0.562. The summed E-state index contributed by atoms with van der Waals surface area (Å²) in [6.07, 6.45) is 4.61. The van der Waals surface area contributed by atoms with Crippen molar-refractivity contribution in [2.24, 2.45) is 5.73 Å². The molecule has 1 aromatic rings. The lowest BCUT2D eigenvalue weighted by Gasteiger charge is -2.35. The van der Waals surface area contributed by atoms with Crippen LogP contribution in [0, 0.1) is 0 Å². The lowest BCUT2D eigenvalue weighted by molar-refractivity contribution is -0.123. The molecule has 1 aliphatic rings. The molecule has 4 heteroatoms. The van der Waals surface area contributed by atoms with E-state index in [1.807, 2.05) is 30.3 Å². The molecule has 0 radical (unpaired) electrons. The maximum absolute atomic E-state index is 12.1. The second kappa shape index (κ2) is 8.02. The minimum Gasteiger partial charge on any atom is -0.351 e. The minimum atomic E-state index is 0.109. The van der Waals surface area contributed by atoms with Crippen LogP contribution in [0.1, 0.15) is 31.2 Å². The molecule has 0 aromatic heterocycles. The van der Waals surface area contributed by atoms with E-state index in [0.29, 0.717) is 25.7 Å². The fourth-order valence-corrected chi connectivity index (χ4v) is 2.82. The Morgan fingerprint density at radius 3 is 2.85 bits per heavy atom. The molecule has 3 N–H and O–H groups in total. The fourth-order valence-electron chi connectivity index (χ4n) is 2.82. The Balaban J connectivity index is 1.78. The van der Waals surface area contributed by atoms with Crippen LogP contribution in [0.15, 0.2) is 30.3 Å². The smallest absolute Gasteiger partial charge is 0.234 e. The van der Waals surface area contributed by atoms with Gasteiger partial charge >= 0.3 is 0 Å². The van der Waals surface area contributed by atoms with Crippen LogP contribution in [0.4, 0.5) is 0 Å². The van der Waals surface area contributed by atoms with Gasteiger partial charge in [0.25, 0.3) is 0 Å². The van der Waals surface area contributed by atoms with Gasteiger partial charge in [-0.1, -0.05) is 36.8 Å². The lowest BCUT2D eigenvalue weighted by atomic mass is 9.99. The lowest BCUT2D eigenvalue weighted by Crippen LogP contribution is -2.46. The molecule has 0 aliphatic carbocycles. The summed E-state index contributed by atoms with van der Waals surface area (Å²) >= 11 is 0. The van der Waals surface area contributed by atoms with Crippen molar-refractivity contribution < 1.29 is 4.79 Å². The van der Waals surface area contributed by atoms with Crippen LogP contribution in [-0.4, -0.2) is 36.5 Å². The Kier molecular flexibility index (Phi) is 6.02. The average molecular weight is 275 g/mol. The number of rotatable bonds is 6. The Labute approximate surface area is 121 Å². The summed E-state index contributed by atoms with van der Waals surface area (Å²) in [7, 11) is 0. The van der Waals surface area contributed by atoms with Gasteiger partial charge in [0.2, 0.25) is 5.91 Å².